The summed E-state index contributed by atoms with van der Waals surface area (Å²) in [6.07, 6.45) is -1.31. The van der Waals surface area contributed by atoms with Crippen LogP contribution in [0.3, 0.4) is 0 Å². The summed E-state index contributed by atoms with van der Waals surface area (Å²) in [5.41, 5.74) is 2.64. The molecular weight excluding hydrogens is 335 g/mol. The van der Waals surface area contributed by atoms with E-state index < -0.39 is 18.5 Å². The number of carbonyl (C=O) groups excluding carboxylic acids is 1. The van der Waals surface area contributed by atoms with Crippen molar-refractivity contribution >= 4 is 11.5 Å². The summed E-state index contributed by atoms with van der Waals surface area (Å²) < 4.78 is 45.9. The predicted molar refractivity (Wildman–Crippen MR) is 87.5 cm³/mol. The monoisotopic (exact) mass is 357 g/mol. The van der Waals surface area contributed by atoms with Gasteiger partial charge in [0.25, 0.3) is 5.91 Å². The van der Waals surface area contributed by atoms with Gasteiger partial charge in [-0.15, -0.1) is 0 Å². The van der Waals surface area contributed by atoms with Crippen LogP contribution >= 0.6 is 0 Å². The van der Waals surface area contributed by atoms with Gasteiger partial charge < -0.3 is 19.9 Å². The first-order valence-corrected chi connectivity index (χ1v) is 8.37. The first-order chi connectivity index (χ1) is 11.9. The summed E-state index contributed by atoms with van der Waals surface area (Å²) >= 11 is 0. The Balaban J connectivity index is 1.98. The van der Waals surface area contributed by atoms with Crippen molar-refractivity contribution in [2.75, 3.05) is 33.4 Å². The molecule has 8 heteroatoms. The molecule has 1 unspecified atom stereocenters. The fourth-order valence-electron chi connectivity index (χ4n) is 3.60. The van der Waals surface area contributed by atoms with Crippen LogP contribution < -0.4 is 10.6 Å². The van der Waals surface area contributed by atoms with Gasteiger partial charge >= 0.3 is 6.18 Å². The molecule has 2 heterocycles. The van der Waals surface area contributed by atoms with Gasteiger partial charge in [0.05, 0.1) is 18.6 Å². The van der Waals surface area contributed by atoms with Crippen LogP contribution in [0.15, 0.2) is 12.3 Å². The fraction of sp³-hybridized carbons (Fsp3) is 0.588. The van der Waals surface area contributed by atoms with Crippen molar-refractivity contribution in [2.24, 2.45) is 0 Å². The molecule has 0 bridgehead atoms. The summed E-state index contributed by atoms with van der Waals surface area (Å²) in [6.45, 7) is 2.64. The fourth-order valence-corrected chi connectivity index (χ4v) is 3.60. The Kier molecular flexibility index (Phi) is 5.19. The van der Waals surface area contributed by atoms with E-state index in [0.29, 0.717) is 50.3 Å². The van der Waals surface area contributed by atoms with Crippen LogP contribution in [0.5, 0.6) is 0 Å². The molecule has 2 N–H and O–H groups in total. The van der Waals surface area contributed by atoms with E-state index in [9.17, 15) is 18.0 Å². The molecule has 138 valence electrons. The Hall–Kier alpha value is -1.80. The van der Waals surface area contributed by atoms with Crippen LogP contribution in [0, 0.1) is 0 Å². The lowest BCUT2D eigenvalue weighted by atomic mass is 9.82. The van der Waals surface area contributed by atoms with E-state index in [1.807, 2.05) is 10.6 Å². The minimum absolute atomic E-state index is 0.298. The highest BCUT2D eigenvalue weighted by Gasteiger charge is 2.38. The number of rotatable bonds is 5. The standard InChI is InChI=1S/C17H22F3N3O2/c1-25-7-5-22-16(24)13-10-23-6-4-21-9-12-3-2-11(8-17(18,19)20)14(13)15(12)23/h3,10-11,21H,2,4-9H2,1H3,(H,22,24). The molecule has 1 amide bonds. The summed E-state index contributed by atoms with van der Waals surface area (Å²) in [5.74, 6) is -1.06. The second kappa shape index (κ2) is 7.21. The van der Waals surface area contributed by atoms with E-state index in [0.717, 1.165) is 11.3 Å². The minimum Gasteiger partial charge on any atom is -0.383 e. The highest BCUT2D eigenvalue weighted by atomic mass is 19.4. The maximum Gasteiger partial charge on any atom is 0.389 e. The third kappa shape index (κ3) is 3.90. The molecule has 0 aromatic carbocycles. The number of hydrogen-bond acceptors (Lipinski definition) is 3. The van der Waals surface area contributed by atoms with Crippen molar-refractivity contribution in [3.05, 3.63) is 29.1 Å². The number of halogens is 3. The lowest BCUT2D eigenvalue weighted by molar-refractivity contribution is -0.138. The largest absolute Gasteiger partial charge is 0.389 e. The summed E-state index contributed by atoms with van der Waals surface area (Å²) in [6, 6.07) is 0. The zero-order valence-corrected chi connectivity index (χ0v) is 14.1. The van der Waals surface area contributed by atoms with E-state index in [-0.39, 0.29) is 5.91 Å². The maximum absolute atomic E-state index is 13.0. The summed E-state index contributed by atoms with van der Waals surface area (Å²) in [4.78, 5) is 12.5. The smallest absolute Gasteiger partial charge is 0.383 e. The Morgan fingerprint density at radius 1 is 1.48 bits per heavy atom. The second-order valence-electron chi connectivity index (χ2n) is 6.41. The van der Waals surface area contributed by atoms with Gasteiger partial charge in [0.15, 0.2) is 0 Å². The van der Waals surface area contributed by atoms with Crippen molar-refractivity contribution in [2.45, 2.75) is 31.5 Å². The van der Waals surface area contributed by atoms with E-state index in [4.69, 9.17) is 4.74 Å². The maximum atomic E-state index is 13.0. The molecule has 2 aliphatic rings. The van der Waals surface area contributed by atoms with Crippen LogP contribution in [-0.4, -0.2) is 50.0 Å². The zero-order chi connectivity index (χ0) is 18.0. The first-order valence-electron chi connectivity index (χ1n) is 8.37. The van der Waals surface area contributed by atoms with Crippen LogP contribution in [0.4, 0.5) is 13.2 Å². The van der Waals surface area contributed by atoms with Gasteiger partial charge in [-0.25, -0.2) is 0 Å². The van der Waals surface area contributed by atoms with Gasteiger partial charge in [0.1, 0.15) is 0 Å². The van der Waals surface area contributed by atoms with Crippen molar-refractivity contribution in [1.82, 2.24) is 15.2 Å². The molecule has 1 aromatic rings. The molecular formula is C17H22F3N3O2. The summed E-state index contributed by atoms with van der Waals surface area (Å²) in [7, 11) is 1.53. The number of carbonyl (C=O) groups is 1. The van der Waals surface area contributed by atoms with Gasteiger partial charge in [-0.05, 0) is 23.5 Å². The molecule has 3 rings (SSSR count). The number of methoxy groups -OCH3 is 1. The Morgan fingerprint density at radius 2 is 2.28 bits per heavy atom. The van der Waals surface area contributed by atoms with Gasteiger partial charge in [-0.2, -0.15) is 13.2 Å². The number of nitrogens with zero attached hydrogens (tertiary/aromatic N) is 1. The van der Waals surface area contributed by atoms with Crippen LogP contribution in [0.25, 0.3) is 5.57 Å². The zero-order valence-electron chi connectivity index (χ0n) is 14.1. The molecule has 1 aromatic heterocycles. The Morgan fingerprint density at radius 3 is 3.00 bits per heavy atom. The molecule has 25 heavy (non-hydrogen) atoms. The molecule has 0 spiro atoms. The number of hydrogen-bond donors (Lipinski definition) is 2. The third-order valence-corrected chi connectivity index (χ3v) is 4.64. The lowest BCUT2D eigenvalue weighted by Gasteiger charge is -2.25. The molecule has 1 aliphatic carbocycles. The predicted octanol–water partition coefficient (Wildman–Crippen LogP) is 2.29. The number of amides is 1. The Bertz CT molecular complexity index is 679. The van der Waals surface area contributed by atoms with Crippen LogP contribution in [0.1, 0.15) is 40.4 Å². The van der Waals surface area contributed by atoms with Crippen molar-refractivity contribution in [1.29, 1.82) is 0 Å². The van der Waals surface area contributed by atoms with E-state index >= 15 is 0 Å². The van der Waals surface area contributed by atoms with E-state index in [1.54, 1.807) is 6.20 Å². The second-order valence-corrected chi connectivity index (χ2v) is 6.41. The van der Waals surface area contributed by atoms with Gasteiger partial charge in [-0.3, -0.25) is 4.79 Å². The van der Waals surface area contributed by atoms with Gasteiger partial charge in [0, 0.05) is 45.2 Å². The topological polar surface area (TPSA) is 55.3 Å². The van der Waals surface area contributed by atoms with E-state index in [2.05, 4.69) is 10.6 Å². The molecule has 1 atom stereocenters. The quantitative estimate of drug-likeness (QED) is 0.795. The minimum atomic E-state index is -4.27. The number of nitrogens with one attached hydrogen (secondary N) is 2. The number of aromatic nitrogens is 1. The Labute approximate surface area is 144 Å². The number of ether oxygens (including phenoxy) is 1. The molecule has 0 saturated heterocycles. The van der Waals surface area contributed by atoms with Crippen molar-refractivity contribution in [3.63, 3.8) is 0 Å². The van der Waals surface area contributed by atoms with Crippen LogP contribution in [-0.2, 0) is 11.3 Å². The lowest BCUT2D eigenvalue weighted by Crippen LogP contribution is -2.29. The average Bonchev–Trinajstić information content (AvgIpc) is 2.80. The highest BCUT2D eigenvalue weighted by Crippen LogP contribution is 2.43. The summed E-state index contributed by atoms with van der Waals surface area (Å²) in [5, 5.41) is 6.00. The van der Waals surface area contributed by atoms with Crippen LogP contribution in [0.2, 0.25) is 0 Å². The molecule has 0 fully saturated rings. The van der Waals surface area contributed by atoms with Gasteiger partial charge in [-0.1, -0.05) is 6.08 Å². The first kappa shape index (κ1) is 18.0. The number of alkyl halides is 3. The molecule has 0 radical (unpaired) electrons. The van der Waals surface area contributed by atoms with E-state index in [1.165, 1.54) is 7.11 Å². The van der Waals surface area contributed by atoms with Crippen molar-refractivity contribution < 1.29 is 22.7 Å². The third-order valence-electron chi connectivity index (χ3n) is 4.64. The normalized spacial score (nSPS) is 19.8. The van der Waals surface area contributed by atoms with Gasteiger partial charge in [0.2, 0.25) is 0 Å². The molecule has 1 aliphatic heterocycles. The molecule has 0 saturated carbocycles. The van der Waals surface area contributed by atoms with Crippen molar-refractivity contribution in [3.8, 4) is 0 Å². The highest BCUT2D eigenvalue weighted by molar-refractivity contribution is 5.97. The average molecular weight is 357 g/mol. The number of allylic oxidation sites excluding steroid dienone is 1. The molecule has 5 nitrogen and oxygen atoms in total. The SMILES string of the molecule is COCCNC(=O)c1cn2c3c1C(CC(F)(F)F)CC=C3CNCC2.